The van der Waals surface area contributed by atoms with E-state index in [1.165, 1.54) is 0 Å². The summed E-state index contributed by atoms with van der Waals surface area (Å²) in [5.74, 6) is -0.184. The number of carbonyl (C=O) groups excluding carboxylic acids is 1. The molecular formula is C24H28FNO2. The molecule has 4 heteroatoms. The molecule has 3 nitrogen and oxygen atoms in total. The second-order valence-corrected chi connectivity index (χ2v) is 8.52. The zero-order valence-electron chi connectivity index (χ0n) is 16.5. The van der Waals surface area contributed by atoms with Crippen LogP contribution in [0.4, 0.5) is 4.39 Å². The minimum Gasteiger partial charge on any atom is -0.392 e. The van der Waals surface area contributed by atoms with Crippen LogP contribution in [-0.4, -0.2) is 35.1 Å². The molecule has 0 unspecified atom stereocenters. The molecule has 28 heavy (non-hydrogen) atoms. The third-order valence-corrected chi connectivity index (χ3v) is 6.63. The highest BCUT2D eigenvalue weighted by molar-refractivity contribution is 5.96. The second-order valence-electron chi connectivity index (χ2n) is 8.52. The average molecular weight is 381 g/mol. The number of hydrogen-bond donors (Lipinski definition) is 1. The van der Waals surface area contributed by atoms with E-state index in [2.05, 4.69) is 0 Å². The largest absolute Gasteiger partial charge is 0.392 e. The molecule has 1 spiro atoms. The van der Waals surface area contributed by atoms with Crippen LogP contribution in [0.25, 0.3) is 0 Å². The van der Waals surface area contributed by atoms with E-state index in [0.717, 1.165) is 49.8 Å². The number of benzene rings is 2. The van der Waals surface area contributed by atoms with Crippen LogP contribution in [0.5, 0.6) is 0 Å². The molecule has 0 bridgehead atoms. The topological polar surface area (TPSA) is 40.5 Å². The van der Waals surface area contributed by atoms with Gasteiger partial charge in [-0.2, -0.15) is 0 Å². The van der Waals surface area contributed by atoms with E-state index in [1.54, 1.807) is 19.1 Å². The van der Waals surface area contributed by atoms with Crippen molar-refractivity contribution in [2.45, 2.75) is 51.6 Å². The minimum absolute atomic E-state index is 0.0290. The predicted octanol–water partition coefficient (Wildman–Crippen LogP) is 4.49. The van der Waals surface area contributed by atoms with Gasteiger partial charge in [0.1, 0.15) is 5.82 Å². The van der Waals surface area contributed by atoms with E-state index >= 15 is 0 Å². The average Bonchev–Trinajstić information content (AvgIpc) is 3.04. The second kappa shape index (κ2) is 7.67. The van der Waals surface area contributed by atoms with E-state index in [1.807, 2.05) is 35.2 Å². The van der Waals surface area contributed by atoms with Crippen molar-refractivity contribution in [1.82, 2.24) is 4.90 Å². The van der Waals surface area contributed by atoms with Gasteiger partial charge >= 0.3 is 0 Å². The summed E-state index contributed by atoms with van der Waals surface area (Å²) in [7, 11) is 0. The summed E-state index contributed by atoms with van der Waals surface area (Å²) in [4.78, 5) is 15.3. The molecule has 148 valence electrons. The molecule has 1 saturated carbocycles. The van der Waals surface area contributed by atoms with Crippen LogP contribution < -0.4 is 0 Å². The molecule has 1 aliphatic heterocycles. The monoisotopic (exact) mass is 381 g/mol. The number of aliphatic hydroxyl groups excluding tert-OH is 1. The van der Waals surface area contributed by atoms with Gasteiger partial charge in [0.2, 0.25) is 0 Å². The first-order chi connectivity index (χ1) is 13.5. The van der Waals surface area contributed by atoms with Crippen LogP contribution in [0.15, 0.2) is 42.5 Å². The number of carbonyl (C=O) groups is 1. The zero-order valence-corrected chi connectivity index (χ0v) is 16.5. The fourth-order valence-corrected chi connectivity index (χ4v) is 4.95. The number of piperidine rings is 1. The number of halogens is 1. The SMILES string of the molecule is Cc1ccc(Cc2ccccc2C(=O)N2CCC[C@@]3(CCC[C@H]3O)C2)cc1F. The van der Waals surface area contributed by atoms with Gasteiger partial charge in [-0.25, -0.2) is 4.39 Å². The molecular weight excluding hydrogens is 353 g/mol. The lowest BCUT2D eigenvalue weighted by Gasteiger charge is -2.42. The predicted molar refractivity (Wildman–Crippen MR) is 108 cm³/mol. The van der Waals surface area contributed by atoms with Crippen molar-refractivity contribution in [3.63, 3.8) is 0 Å². The summed E-state index contributed by atoms with van der Waals surface area (Å²) in [5, 5.41) is 10.5. The fourth-order valence-electron chi connectivity index (χ4n) is 4.95. The Balaban J connectivity index is 1.57. The molecule has 2 aromatic rings. The maximum Gasteiger partial charge on any atom is 0.254 e. The maximum atomic E-state index is 13.9. The third kappa shape index (κ3) is 3.58. The van der Waals surface area contributed by atoms with Gasteiger partial charge in [0.15, 0.2) is 0 Å². The van der Waals surface area contributed by atoms with Crippen molar-refractivity contribution in [3.8, 4) is 0 Å². The summed E-state index contributed by atoms with van der Waals surface area (Å²) < 4.78 is 13.9. The first kappa shape index (κ1) is 19.1. The van der Waals surface area contributed by atoms with Crippen LogP contribution in [0, 0.1) is 18.2 Å². The van der Waals surface area contributed by atoms with Crippen LogP contribution in [0.1, 0.15) is 59.2 Å². The Bertz CT molecular complexity index is 881. The van der Waals surface area contributed by atoms with Gasteiger partial charge in [0, 0.05) is 24.1 Å². The summed E-state index contributed by atoms with van der Waals surface area (Å²) in [6.07, 6.45) is 5.06. The number of hydrogen-bond acceptors (Lipinski definition) is 2. The van der Waals surface area contributed by atoms with Crippen molar-refractivity contribution in [2.24, 2.45) is 5.41 Å². The van der Waals surface area contributed by atoms with Crippen LogP contribution in [0.2, 0.25) is 0 Å². The highest BCUT2D eigenvalue weighted by atomic mass is 19.1. The Hall–Kier alpha value is -2.20. The molecule has 2 aliphatic rings. The smallest absolute Gasteiger partial charge is 0.254 e. The normalized spacial score (nSPS) is 24.7. The lowest BCUT2D eigenvalue weighted by Crippen LogP contribution is -2.49. The number of rotatable bonds is 3. The number of aryl methyl sites for hydroxylation is 1. The van der Waals surface area contributed by atoms with E-state index in [9.17, 15) is 14.3 Å². The van der Waals surface area contributed by atoms with Crippen molar-refractivity contribution >= 4 is 5.91 Å². The van der Waals surface area contributed by atoms with E-state index in [-0.39, 0.29) is 23.2 Å². The molecule has 2 aromatic carbocycles. The summed E-state index contributed by atoms with van der Waals surface area (Å²) >= 11 is 0. The molecule has 1 heterocycles. The highest BCUT2D eigenvalue weighted by Gasteiger charge is 2.45. The first-order valence-corrected chi connectivity index (χ1v) is 10.3. The Morgan fingerprint density at radius 1 is 1.21 bits per heavy atom. The van der Waals surface area contributed by atoms with Crippen molar-refractivity contribution < 1.29 is 14.3 Å². The molecule has 1 aliphatic carbocycles. The van der Waals surface area contributed by atoms with Gasteiger partial charge in [-0.3, -0.25) is 4.79 Å². The number of likely N-dealkylation sites (tertiary alicyclic amines) is 1. The Labute approximate surface area is 166 Å². The van der Waals surface area contributed by atoms with Crippen molar-refractivity contribution in [3.05, 3.63) is 70.5 Å². The molecule has 1 amide bonds. The van der Waals surface area contributed by atoms with Crippen LogP contribution in [0.3, 0.4) is 0 Å². The van der Waals surface area contributed by atoms with Gasteiger partial charge in [-0.1, -0.05) is 36.8 Å². The van der Waals surface area contributed by atoms with Crippen LogP contribution in [-0.2, 0) is 6.42 Å². The van der Waals surface area contributed by atoms with Gasteiger partial charge in [0.05, 0.1) is 6.10 Å². The molecule has 2 atom stereocenters. The Morgan fingerprint density at radius 2 is 2.00 bits per heavy atom. The van der Waals surface area contributed by atoms with Gasteiger partial charge in [-0.05, 0) is 67.9 Å². The first-order valence-electron chi connectivity index (χ1n) is 10.3. The standard InChI is InChI=1S/C24H28FNO2/c1-17-9-10-18(15-21(17)25)14-19-6-2-3-7-20(19)23(28)26-13-5-12-24(16-26)11-4-8-22(24)27/h2-3,6-7,9-10,15,22,27H,4-5,8,11-14,16H2,1H3/t22-,24+/m1/s1. The van der Waals surface area contributed by atoms with Crippen molar-refractivity contribution in [1.29, 1.82) is 0 Å². The fraction of sp³-hybridized carbons (Fsp3) is 0.458. The maximum absolute atomic E-state index is 13.9. The molecule has 0 aromatic heterocycles. The lowest BCUT2D eigenvalue weighted by atomic mass is 9.76. The van der Waals surface area contributed by atoms with Crippen molar-refractivity contribution in [2.75, 3.05) is 13.1 Å². The molecule has 0 radical (unpaired) electrons. The molecule has 1 N–H and O–H groups in total. The molecule has 2 fully saturated rings. The summed E-state index contributed by atoms with van der Waals surface area (Å²) in [6, 6.07) is 12.9. The van der Waals surface area contributed by atoms with E-state index in [0.29, 0.717) is 24.1 Å². The van der Waals surface area contributed by atoms with E-state index < -0.39 is 0 Å². The minimum atomic E-state index is -0.297. The summed E-state index contributed by atoms with van der Waals surface area (Å²) in [6.45, 7) is 3.13. The quantitative estimate of drug-likeness (QED) is 0.851. The molecule has 1 saturated heterocycles. The van der Waals surface area contributed by atoms with Crippen LogP contribution >= 0.6 is 0 Å². The Morgan fingerprint density at radius 3 is 2.75 bits per heavy atom. The van der Waals surface area contributed by atoms with Gasteiger partial charge in [-0.15, -0.1) is 0 Å². The highest BCUT2D eigenvalue weighted by Crippen LogP contribution is 2.45. The number of nitrogens with zero attached hydrogens (tertiary/aromatic N) is 1. The van der Waals surface area contributed by atoms with Gasteiger partial charge in [0.25, 0.3) is 5.91 Å². The lowest BCUT2D eigenvalue weighted by molar-refractivity contribution is -0.00538. The third-order valence-electron chi connectivity index (χ3n) is 6.63. The van der Waals surface area contributed by atoms with E-state index in [4.69, 9.17) is 0 Å². The molecule has 4 rings (SSSR count). The number of aliphatic hydroxyl groups is 1. The Kier molecular flexibility index (Phi) is 5.24. The number of amides is 1. The summed E-state index contributed by atoms with van der Waals surface area (Å²) in [5.41, 5.74) is 2.98. The zero-order chi connectivity index (χ0) is 19.7. The van der Waals surface area contributed by atoms with Gasteiger partial charge < -0.3 is 10.0 Å².